The van der Waals surface area contributed by atoms with Crippen molar-refractivity contribution in [1.29, 1.82) is 0 Å². The molecule has 1 aromatic rings. The van der Waals surface area contributed by atoms with E-state index in [0.717, 1.165) is 36.9 Å². The maximum atomic E-state index is 13.0. The lowest BCUT2D eigenvalue weighted by molar-refractivity contribution is -0.127. The summed E-state index contributed by atoms with van der Waals surface area (Å²) in [6, 6.07) is 7.99. The molecule has 0 spiro atoms. The third-order valence-corrected chi connectivity index (χ3v) is 7.06. The molecule has 7 heteroatoms. The van der Waals surface area contributed by atoms with Gasteiger partial charge in [-0.1, -0.05) is 31.4 Å². The SMILES string of the molecule is Cc1cccc(NC(=O)N2CCC(N3CC(O)CC3C(=O)NC3CCCCC3)CC2)c1. The highest BCUT2D eigenvalue weighted by Gasteiger charge is 2.41. The molecule has 2 aliphatic heterocycles. The number of aliphatic hydroxyl groups excluding tert-OH is 1. The minimum Gasteiger partial charge on any atom is -0.392 e. The molecule has 3 fully saturated rings. The van der Waals surface area contributed by atoms with E-state index < -0.39 is 6.10 Å². The molecule has 1 aliphatic carbocycles. The van der Waals surface area contributed by atoms with Gasteiger partial charge in [0.15, 0.2) is 0 Å². The normalized spacial score (nSPS) is 26.1. The van der Waals surface area contributed by atoms with Crippen molar-refractivity contribution < 1.29 is 14.7 Å². The maximum absolute atomic E-state index is 13.0. The number of aryl methyl sites for hydroxylation is 1. The van der Waals surface area contributed by atoms with Crippen LogP contribution < -0.4 is 10.6 Å². The first-order valence-electron chi connectivity index (χ1n) is 11.9. The van der Waals surface area contributed by atoms with E-state index in [-0.39, 0.29) is 30.1 Å². The van der Waals surface area contributed by atoms with Gasteiger partial charge >= 0.3 is 6.03 Å². The van der Waals surface area contributed by atoms with Crippen molar-refractivity contribution >= 4 is 17.6 Å². The van der Waals surface area contributed by atoms with Gasteiger partial charge in [0.05, 0.1) is 12.1 Å². The topological polar surface area (TPSA) is 84.9 Å². The van der Waals surface area contributed by atoms with Crippen LogP contribution in [0.25, 0.3) is 0 Å². The zero-order valence-electron chi connectivity index (χ0n) is 18.6. The van der Waals surface area contributed by atoms with Crippen LogP contribution in [0.15, 0.2) is 24.3 Å². The zero-order valence-corrected chi connectivity index (χ0v) is 18.6. The number of amides is 3. The fourth-order valence-corrected chi connectivity index (χ4v) is 5.37. The Kier molecular flexibility index (Phi) is 7.13. The molecule has 1 aromatic carbocycles. The Morgan fingerprint density at radius 3 is 2.52 bits per heavy atom. The number of hydrogen-bond acceptors (Lipinski definition) is 4. The second-order valence-electron chi connectivity index (χ2n) is 9.46. The molecule has 2 unspecified atom stereocenters. The minimum absolute atomic E-state index is 0.0721. The number of nitrogens with zero attached hydrogens (tertiary/aromatic N) is 2. The minimum atomic E-state index is -0.454. The quantitative estimate of drug-likeness (QED) is 0.688. The summed E-state index contributed by atoms with van der Waals surface area (Å²) >= 11 is 0. The molecule has 7 nitrogen and oxygen atoms in total. The lowest BCUT2D eigenvalue weighted by atomic mass is 9.95. The zero-order chi connectivity index (χ0) is 21.8. The van der Waals surface area contributed by atoms with Crippen molar-refractivity contribution in [3.8, 4) is 0 Å². The van der Waals surface area contributed by atoms with Crippen molar-refractivity contribution in [3.63, 3.8) is 0 Å². The Morgan fingerprint density at radius 1 is 1.06 bits per heavy atom. The van der Waals surface area contributed by atoms with E-state index >= 15 is 0 Å². The van der Waals surface area contributed by atoms with E-state index in [1.54, 1.807) is 0 Å². The van der Waals surface area contributed by atoms with Crippen LogP contribution in [0.2, 0.25) is 0 Å². The van der Waals surface area contributed by atoms with Crippen molar-refractivity contribution in [2.24, 2.45) is 0 Å². The van der Waals surface area contributed by atoms with Gasteiger partial charge in [-0.25, -0.2) is 4.79 Å². The van der Waals surface area contributed by atoms with Gasteiger partial charge in [0.2, 0.25) is 5.91 Å². The Morgan fingerprint density at radius 2 is 1.81 bits per heavy atom. The number of carbonyl (C=O) groups is 2. The van der Waals surface area contributed by atoms with E-state index in [1.807, 2.05) is 36.1 Å². The predicted molar refractivity (Wildman–Crippen MR) is 121 cm³/mol. The highest BCUT2D eigenvalue weighted by Crippen LogP contribution is 2.28. The smallest absolute Gasteiger partial charge is 0.321 e. The molecule has 3 amide bonds. The summed E-state index contributed by atoms with van der Waals surface area (Å²) in [5.74, 6) is 0.0723. The summed E-state index contributed by atoms with van der Waals surface area (Å²) in [6.07, 6.45) is 7.46. The van der Waals surface area contributed by atoms with Crippen LogP contribution in [0, 0.1) is 6.92 Å². The monoisotopic (exact) mass is 428 g/mol. The predicted octanol–water partition coefficient (Wildman–Crippen LogP) is 2.88. The highest BCUT2D eigenvalue weighted by molar-refractivity contribution is 5.89. The molecule has 1 saturated carbocycles. The lowest BCUT2D eigenvalue weighted by Crippen LogP contribution is -2.53. The van der Waals surface area contributed by atoms with Crippen LogP contribution in [0.3, 0.4) is 0 Å². The van der Waals surface area contributed by atoms with Crippen molar-refractivity contribution in [2.45, 2.75) is 82.5 Å². The molecule has 31 heavy (non-hydrogen) atoms. The van der Waals surface area contributed by atoms with Gasteiger partial charge in [0.1, 0.15) is 0 Å². The molecule has 0 bridgehead atoms. The number of rotatable bonds is 4. The summed E-state index contributed by atoms with van der Waals surface area (Å²) in [6.45, 7) is 3.87. The molecular formula is C24H36N4O3. The van der Waals surface area contributed by atoms with Gasteiger partial charge in [0, 0.05) is 37.4 Å². The molecule has 2 heterocycles. The lowest BCUT2D eigenvalue weighted by Gasteiger charge is -2.39. The molecule has 4 rings (SSSR count). The van der Waals surface area contributed by atoms with E-state index in [4.69, 9.17) is 0 Å². The summed E-state index contributed by atoms with van der Waals surface area (Å²) < 4.78 is 0. The Bertz CT molecular complexity index is 772. The number of β-amino-alcohol motifs (C(OH)–C–C–N with tert-alkyl or cyclic N) is 1. The van der Waals surface area contributed by atoms with E-state index in [1.165, 1.54) is 19.3 Å². The van der Waals surface area contributed by atoms with E-state index in [0.29, 0.717) is 26.1 Å². The highest BCUT2D eigenvalue weighted by atomic mass is 16.3. The van der Waals surface area contributed by atoms with Crippen molar-refractivity contribution in [2.75, 3.05) is 25.0 Å². The van der Waals surface area contributed by atoms with Gasteiger partial charge in [0.25, 0.3) is 0 Å². The number of carbonyl (C=O) groups excluding carboxylic acids is 2. The summed E-state index contributed by atoms with van der Waals surface area (Å²) in [7, 11) is 0. The number of benzene rings is 1. The number of nitrogens with one attached hydrogen (secondary N) is 2. The van der Waals surface area contributed by atoms with Crippen LogP contribution in [0.5, 0.6) is 0 Å². The van der Waals surface area contributed by atoms with E-state index in [2.05, 4.69) is 15.5 Å². The van der Waals surface area contributed by atoms with Gasteiger partial charge in [-0.3, -0.25) is 9.69 Å². The summed E-state index contributed by atoms with van der Waals surface area (Å²) in [5.41, 5.74) is 1.93. The number of urea groups is 1. The molecule has 3 N–H and O–H groups in total. The van der Waals surface area contributed by atoms with Crippen molar-refractivity contribution in [1.82, 2.24) is 15.1 Å². The molecule has 0 aromatic heterocycles. The number of hydrogen-bond donors (Lipinski definition) is 3. The third kappa shape index (κ3) is 5.57. The van der Waals surface area contributed by atoms with Gasteiger partial charge in [-0.05, 0) is 56.7 Å². The van der Waals surface area contributed by atoms with Crippen LogP contribution in [0.4, 0.5) is 10.5 Å². The fourth-order valence-electron chi connectivity index (χ4n) is 5.37. The molecule has 2 atom stereocenters. The molecule has 0 radical (unpaired) electrons. The largest absolute Gasteiger partial charge is 0.392 e. The Balaban J connectivity index is 1.30. The first-order chi connectivity index (χ1) is 15.0. The average molecular weight is 429 g/mol. The average Bonchev–Trinajstić information content (AvgIpc) is 3.16. The standard InChI is InChI=1S/C24H36N4O3/c1-17-6-5-9-19(14-17)26-24(31)27-12-10-20(11-13-27)28-16-21(29)15-22(28)23(30)25-18-7-3-2-4-8-18/h5-6,9,14,18,20-22,29H,2-4,7-8,10-13,15-16H2,1H3,(H,25,30)(H,26,31). The Hall–Kier alpha value is -2.12. The van der Waals surface area contributed by atoms with Crippen LogP contribution in [0.1, 0.15) is 56.9 Å². The Labute approximate surface area is 185 Å². The fraction of sp³-hybridized carbons (Fsp3) is 0.667. The van der Waals surface area contributed by atoms with E-state index in [9.17, 15) is 14.7 Å². The van der Waals surface area contributed by atoms with Crippen LogP contribution in [-0.4, -0.2) is 70.7 Å². The first kappa shape index (κ1) is 22.1. The second kappa shape index (κ2) is 10.0. The molecule has 2 saturated heterocycles. The second-order valence-corrected chi connectivity index (χ2v) is 9.46. The number of piperidine rings is 1. The van der Waals surface area contributed by atoms with Gasteiger partial charge < -0.3 is 20.6 Å². The molecule has 3 aliphatic rings. The number of aliphatic hydroxyl groups is 1. The summed E-state index contributed by atoms with van der Waals surface area (Å²) in [4.78, 5) is 29.7. The number of likely N-dealkylation sites (tertiary alicyclic amines) is 2. The summed E-state index contributed by atoms with van der Waals surface area (Å²) in [5, 5.41) is 16.5. The van der Waals surface area contributed by atoms with Gasteiger partial charge in [-0.2, -0.15) is 0 Å². The van der Waals surface area contributed by atoms with Crippen LogP contribution >= 0.6 is 0 Å². The number of anilines is 1. The third-order valence-electron chi connectivity index (χ3n) is 7.06. The molecule has 170 valence electrons. The first-order valence-corrected chi connectivity index (χ1v) is 11.9. The van der Waals surface area contributed by atoms with Gasteiger partial charge in [-0.15, -0.1) is 0 Å². The van der Waals surface area contributed by atoms with Crippen LogP contribution in [-0.2, 0) is 4.79 Å². The van der Waals surface area contributed by atoms with Crippen molar-refractivity contribution in [3.05, 3.63) is 29.8 Å². The maximum Gasteiger partial charge on any atom is 0.321 e. The molecular weight excluding hydrogens is 392 g/mol.